The number of carbonyl (C=O) groups excluding carboxylic acids is 3. The van der Waals surface area contributed by atoms with Gasteiger partial charge >= 0.3 is 6.03 Å². The number of urea groups is 1. The zero-order chi connectivity index (χ0) is 24.4. The first-order valence-electron chi connectivity index (χ1n) is 10.1. The van der Waals surface area contributed by atoms with Crippen molar-refractivity contribution in [3.8, 4) is 5.75 Å². The van der Waals surface area contributed by atoms with Gasteiger partial charge in [-0.3, -0.25) is 14.9 Å². The molecule has 0 aromatic heterocycles. The molecule has 4 rings (SSSR count). The summed E-state index contributed by atoms with van der Waals surface area (Å²) in [5, 5.41) is 2.90. The number of hydrogen-bond donors (Lipinski definition) is 1. The molecule has 0 bridgehead atoms. The number of nitrogens with one attached hydrogen (secondary N) is 1. The maximum Gasteiger partial charge on any atom is 0.335 e. The summed E-state index contributed by atoms with van der Waals surface area (Å²) in [4.78, 5) is 38.9. The van der Waals surface area contributed by atoms with Crippen LogP contribution in [-0.4, -0.2) is 17.8 Å². The van der Waals surface area contributed by atoms with Crippen molar-refractivity contribution >= 4 is 68.7 Å². The van der Waals surface area contributed by atoms with Crippen LogP contribution in [0.1, 0.15) is 16.7 Å². The van der Waals surface area contributed by atoms with E-state index in [1.165, 1.54) is 6.08 Å². The lowest BCUT2D eigenvalue weighted by Crippen LogP contribution is -2.54. The highest BCUT2D eigenvalue weighted by Gasteiger charge is 2.37. The molecule has 1 N–H and O–H groups in total. The number of benzene rings is 3. The number of hydrogen-bond acceptors (Lipinski definition) is 4. The van der Waals surface area contributed by atoms with Crippen LogP contribution in [0.5, 0.6) is 5.75 Å². The van der Waals surface area contributed by atoms with Crippen LogP contribution in [0.3, 0.4) is 0 Å². The molecule has 3 aromatic rings. The molecule has 1 aliphatic rings. The molecule has 0 saturated carbocycles. The number of amides is 4. The van der Waals surface area contributed by atoms with E-state index in [0.29, 0.717) is 39.2 Å². The number of nitrogens with zero attached hydrogens (tertiary/aromatic N) is 1. The third-order valence-electron chi connectivity index (χ3n) is 5.19. The molecule has 6 nitrogen and oxygen atoms in total. The van der Waals surface area contributed by atoms with Gasteiger partial charge in [0, 0.05) is 15.1 Å². The van der Waals surface area contributed by atoms with Crippen LogP contribution >= 0.6 is 39.1 Å². The first kappa shape index (κ1) is 24.0. The van der Waals surface area contributed by atoms with E-state index >= 15 is 0 Å². The van der Waals surface area contributed by atoms with Gasteiger partial charge in [-0.15, -0.1) is 0 Å². The van der Waals surface area contributed by atoms with Gasteiger partial charge < -0.3 is 4.74 Å². The van der Waals surface area contributed by atoms with Gasteiger partial charge in [0.05, 0.1) is 10.7 Å². The number of carbonyl (C=O) groups is 3. The Balaban J connectivity index is 1.60. The average Bonchev–Trinajstić information content (AvgIpc) is 2.79. The molecular formula is C25H17BrCl2N2O4. The number of ether oxygens (including phenoxy) is 1. The van der Waals surface area contributed by atoms with E-state index in [4.69, 9.17) is 27.9 Å². The maximum atomic E-state index is 13.1. The second-order valence-electron chi connectivity index (χ2n) is 7.41. The summed E-state index contributed by atoms with van der Waals surface area (Å²) in [6, 6.07) is 16.6. The van der Waals surface area contributed by atoms with E-state index in [2.05, 4.69) is 21.2 Å². The van der Waals surface area contributed by atoms with E-state index < -0.39 is 17.8 Å². The number of barbiturate groups is 1. The smallest absolute Gasteiger partial charge is 0.335 e. The predicted octanol–water partition coefficient (Wildman–Crippen LogP) is 6.31. The Bertz CT molecular complexity index is 1360. The van der Waals surface area contributed by atoms with Gasteiger partial charge in [0.1, 0.15) is 17.9 Å². The second-order valence-corrected chi connectivity index (χ2v) is 9.08. The van der Waals surface area contributed by atoms with E-state index in [-0.39, 0.29) is 5.57 Å². The Morgan fingerprint density at radius 1 is 1.00 bits per heavy atom. The Labute approximate surface area is 214 Å². The first-order chi connectivity index (χ1) is 16.3. The normalized spacial score (nSPS) is 15.0. The predicted molar refractivity (Wildman–Crippen MR) is 135 cm³/mol. The molecule has 0 atom stereocenters. The van der Waals surface area contributed by atoms with Gasteiger partial charge in [-0.2, -0.15) is 0 Å². The van der Waals surface area contributed by atoms with Crippen LogP contribution in [0, 0.1) is 6.92 Å². The summed E-state index contributed by atoms with van der Waals surface area (Å²) in [5.41, 5.74) is 2.07. The standard InChI is InChI=1S/C25H17BrCl2N2O4/c1-14-19(27)7-4-8-21(14)30-24(32)17(23(31)29-25(30)33)11-15-9-10-22(20(28)12-15)34-13-16-5-2-3-6-18(16)26/h2-12H,13H2,1H3,(H,29,31,33)/b17-11+. The van der Waals surface area contributed by atoms with Crippen molar-refractivity contribution in [3.05, 3.63) is 97.4 Å². The van der Waals surface area contributed by atoms with E-state index in [0.717, 1.165) is 14.9 Å². The van der Waals surface area contributed by atoms with Crippen LogP contribution in [0.15, 0.2) is 70.7 Å². The fourth-order valence-electron chi connectivity index (χ4n) is 3.38. The van der Waals surface area contributed by atoms with Crippen molar-refractivity contribution in [3.63, 3.8) is 0 Å². The maximum absolute atomic E-state index is 13.1. The molecule has 34 heavy (non-hydrogen) atoms. The molecule has 1 fully saturated rings. The Kier molecular flexibility index (Phi) is 7.07. The SMILES string of the molecule is Cc1c(Cl)cccc1N1C(=O)NC(=O)/C(=C\c2ccc(OCc3ccccc3Br)c(Cl)c2)C1=O. The average molecular weight is 560 g/mol. The largest absolute Gasteiger partial charge is 0.487 e. The van der Waals surface area contributed by atoms with Crippen LogP contribution in [-0.2, 0) is 16.2 Å². The lowest BCUT2D eigenvalue weighted by Gasteiger charge is -2.27. The van der Waals surface area contributed by atoms with Crippen molar-refractivity contribution in [2.45, 2.75) is 13.5 Å². The zero-order valence-corrected chi connectivity index (χ0v) is 20.9. The van der Waals surface area contributed by atoms with Gasteiger partial charge in [0.25, 0.3) is 11.8 Å². The molecular weight excluding hydrogens is 543 g/mol. The lowest BCUT2D eigenvalue weighted by molar-refractivity contribution is -0.122. The van der Waals surface area contributed by atoms with Gasteiger partial charge in [-0.05, 0) is 54.5 Å². The third-order valence-corrected chi connectivity index (χ3v) is 6.67. The number of anilines is 1. The zero-order valence-electron chi connectivity index (χ0n) is 17.8. The highest BCUT2D eigenvalue weighted by molar-refractivity contribution is 9.10. The molecule has 0 radical (unpaired) electrons. The van der Waals surface area contributed by atoms with Gasteiger partial charge in [0.2, 0.25) is 0 Å². The first-order valence-corrected chi connectivity index (χ1v) is 11.6. The topological polar surface area (TPSA) is 75.7 Å². The van der Waals surface area contributed by atoms with Crippen molar-refractivity contribution < 1.29 is 19.1 Å². The highest BCUT2D eigenvalue weighted by atomic mass is 79.9. The third kappa shape index (κ3) is 4.87. The number of imide groups is 2. The summed E-state index contributed by atoms with van der Waals surface area (Å²) in [7, 11) is 0. The van der Waals surface area contributed by atoms with E-state index in [9.17, 15) is 14.4 Å². The van der Waals surface area contributed by atoms with Crippen molar-refractivity contribution in [1.82, 2.24) is 5.32 Å². The summed E-state index contributed by atoms with van der Waals surface area (Å²) in [5.74, 6) is -1.11. The minimum Gasteiger partial charge on any atom is -0.487 e. The molecule has 1 heterocycles. The molecule has 1 aliphatic heterocycles. The van der Waals surface area contributed by atoms with Crippen LogP contribution in [0.4, 0.5) is 10.5 Å². The molecule has 1 saturated heterocycles. The minimum absolute atomic E-state index is 0.211. The van der Waals surface area contributed by atoms with Gasteiger partial charge in [0.15, 0.2) is 0 Å². The van der Waals surface area contributed by atoms with Crippen molar-refractivity contribution in [1.29, 1.82) is 0 Å². The fraction of sp³-hybridized carbons (Fsp3) is 0.0800. The highest BCUT2D eigenvalue weighted by Crippen LogP contribution is 2.31. The van der Waals surface area contributed by atoms with E-state index in [1.807, 2.05) is 24.3 Å². The van der Waals surface area contributed by atoms with Crippen LogP contribution < -0.4 is 15.0 Å². The van der Waals surface area contributed by atoms with Crippen LogP contribution in [0.2, 0.25) is 10.0 Å². The number of rotatable bonds is 5. The fourth-order valence-corrected chi connectivity index (χ4v) is 4.19. The Hall–Kier alpha value is -3.13. The molecule has 3 aromatic carbocycles. The summed E-state index contributed by atoms with van der Waals surface area (Å²) >= 11 is 16.0. The van der Waals surface area contributed by atoms with Crippen molar-refractivity contribution in [2.75, 3.05) is 4.90 Å². The van der Waals surface area contributed by atoms with Gasteiger partial charge in [-0.1, -0.05) is 69.5 Å². The molecule has 0 unspecified atom stereocenters. The summed E-state index contributed by atoms with van der Waals surface area (Å²) < 4.78 is 6.73. The molecule has 4 amide bonds. The Morgan fingerprint density at radius 3 is 2.50 bits per heavy atom. The van der Waals surface area contributed by atoms with Gasteiger partial charge in [-0.25, -0.2) is 9.69 Å². The van der Waals surface area contributed by atoms with Crippen molar-refractivity contribution in [2.24, 2.45) is 0 Å². The molecule has 9 heteroatoms. The van der Waals surface area contributed by atoms with E-state index in [1.54, 1.807) is 43.3 Å². The number of halogens is 3. The quantitative estimate of drug-likeness (QED) is 0.293. The Morgan fingerprint density at radius 2 is 1.76 bits per heavy atom. The minimum atomic E-state index is -0.841. The summed E-state index contributed by atoms with van der Waals surface area (Å²) in [6.45, 7) is 1.99. The monoisotopic (exact) mass is 558 g/mol. The molecule has 0 aliphatic carbocycles. The molecule has 172 valence electrons. The molecule has 0 spiro atoms. The van der Waals surface area contributed by atoms with Crippen LogP contribution in [0.25, 0.3) is 6.08 Å². The summed E-state index contributed by atoms with van der Waals surface area (Å²) in [6.07, 6.45) is 1.38. The lowest BCUT2D eigenvalue weighted by atomic mass is 10.1. The second kappa shape index (κ2) is 10.0.